The lowest BCUT2D eigenvalue weighted by molar-refractivity contribution is -0.0334. The van der Waals surface area contributed by atoms with Crippen LogP contribution in [-0.4, -0.2) is 57.8 Å². The zero-order chi connectivity index (χ0) is 17.2. The highest BCUT2D eigenvalue weighted by Crippen LogP contribution is 2.24. The third-order valence-electron chi connectivity index (χ3n) is 3.90. The SMILES string of the molecule is C1COCCOCCOCCO1.c1ccc2c(c1)[nH]c1ccccc12. The summed E-state index contributed by atoms with van der Waals surface area (Å²) in [6, 6.07) is 16.8. The molecule has 0 saturated carbocycles. The molecule has 0 amide bonds. The predicted molar refractivity (Wildman–Crippen MR) is 99.1 cm³/mol. The molecule has 25 heavy (non-hydrogen) atoms. The number of aromatic amines is 1. The van der Waals surface area contributed by atoms with Crippen molar-refractivity contribution < 1.29 is 18.9 Å². The van der Waals surface area contributed by atoms with Crippen molar-refractivity contribution in [2.24, 2.45) is 0 Å². The highest BCUT2D eigenvalue weighted by molar-refractivity contribution is 6.06. The van der Waals surface area contributed by atoms with Crippen LogP contribution in [0.4, 0.5) is 0 Å². The highest BCUT2D eigenvalue weighted by atomic mass is 16.6. The van der Waals surface area contributed by atoms with Crippen molar-refractivity contribution in [1.29, 1.82) is 0 Å². The summed E-state index contributed by atoms with van der Waals surface area (Å²) in [5.41, 5.74) is 2.42. The van der Waals surface area contributed by atoms with Gasteiger partial charge in [-0.2, -0.15) is 0 Å². The van der Waals surface area contributed by atoms with Crippen LogP contribution in [0.2, 0.25) is 0 Å². The molecule has 3 aromatic rings. The molecule has 0 aliphatic carbocycles. The molecular weight excluding hydrogens is 318 g/mol. The summed E-state index contributed by atoms with van der Waals surface area (Å²) in [6.45, 7) is 5.14. The molecule has 5 heteroatoms. The fourth-order valence-electron chi connectivity index (χ4n) is 2.68. The molecule has 1 aromatic heterocycles. The van der Waals surface area contributed by atoms with Gasteiger partial charge in [-0.15, -0.1) is 0 Å². The monoisotopic (exact) mass is 343 g/mol. The topological polar surface area (TPSA) is 52.7 Å². The van der Waals surface area contributed by atoms with E-state index in [9.17, 15) is 0 Å². The first-order valence-electron chi connectivity index (χ1n) is 8.71. The smallest absolute Gasteiger partial charge is 0.0701 e. The molecule has 1 aliphatic rings. The molecule has 0 atom stereocenters. The number of H-pyrrole nitrogens is 1. The Morgan fingerprint density at radius 2 is 0.800 bits per heavy atom. The van der Waals surface area contributed by atoms with Crippen molar-refractivity contribution in [3.63, 3.8) is 0 Å². The lowest BCUT2D eigenvalue weighted by atomic mass is 10.2. The van der Waals surface area contributed by atoms with E-state index in [0.717, 1.165) is 0 Å². The summed E-state index contributed by atoms with van der Waals surface area (Å²) in [4.78, 5) is 3.38. The molecule has 4 rings (SSSR count). The van der Waals surface area contributed by atoms with Crippen LogP contribution in [-0.2, 0) is 18.9 Å². The summed E-state index contributed by atoms with van der Waals surface area (Å²) < 4.78 is 20.9. The van der Waals surface area contributed by atoms with Crippen molar-refractivity contribution in [2.75, 3.05) is 52.9 Å². The number of hydrogen-bond acceptors (Lipinski definition) is 4. The van der Waals surface area contributed by atoms with Gasteiger partial charge in [-0.1, -0.05) is 36.4 Å². The first-order chi connectivity index (χ1) is 12.4. The number of para-hydroxylation sites is 2. The molecule has 0 radical (unpaired) electrons. The van der Waals surface area contributed by atoms with Gasteiger partial charge in [-0.3, -0.25) is 0 Å². The van der Waals surface area contributed by atoms with E-state index in [2.05, 4.69) is 53.5 Å². The van der Waals surface area contributed by atoms with Crippen LogP contribution in [0.3, 0.4) is 0 Å². The van der Waals surface area contributed by atoms with Gasteiger partial charge in [0.15, 0.2) is 0 Å². The van der Waals surface area contributed by atoms with E-state index in [1.54, 1.807) is 0 Å². The number of aromatic nitrogens is 1. The zero-order valence-electron chi connectivity index (χ0n) is 14.4. The van der Waals surface area contributed by atoms with E-state index in [-0.39, 0.29) is 0 Å². The Kier molecular flexibility index (Phi) is 7.27. The fraction of sp³-hybridized carbons (Fsp3) is 0.400. The van der Waals surface area contributed by atoms with E-state index in [4.69, 9.17) is 18.9 Å². The van der Waals surface area contributed by atoms with Gasteiger partial charge in [-0.05, 0) is 12.1 Å². The number of rotatable bonds is 0. The lowest BCUT2D eigenvalue weighted by Gasteiger charge is -2.09. The van der Waals surface area contributed by atoms with Gasteiger partial charge in [0.2, 0.25) is 0 Å². The first-order valence-corrected chi connectivity index (χ1v) is 8.71. The van der Waals surface area contributed by atoms with Crippen molar-refractivity contribution in [1.82, 2.24) is 4.98 Å². The second-order valence-corrected chi connectivity index (χ2v) is 5.67. The van der Waals surface area contributed by atoms with Gasteiger partial charge in [0.25, 0.3) is 0 Å². The van der Waals surface area contributed by atoms with Crippen LogP contribution >= 0.6 is 0 Å². The molecule has 1 fully saturated rings. The summed E-state index contributed by atoms with van der Waals surface area (Å²) in [5, 5.41) is 2.61. The molecule has 2 aromatic carbocycles. The summed E-state index contributed by atoms with van der Waals surface area (Å²) in [7, 11) is 0. The molecule has 0 bridgehead atoms. The molecule has 0 spiro atoms. The van der Waals surface area contributed by atoms with Crippen LogP contribution in [0.15, 0.2) is 48.5 Å². The Labute approximate surface area is 147 Å². The second kappa shape index (κ2) is 10.2. The highest BCUT2D eigenvalue weighted by Gasteiger charge is 2.00. The van der Waals surface area contributed by atoms with E-state index in [1.807, 2.05) is 0 Å². The first kappa shape index (κ1) is 17.9. The number of fused-ring (bicyclic) bond motifs is 3. The standard InChI is InChI=1S/C12H9N.C8H16O4/c1-3-7-11-9(5-1)10-6-2-4-8-12(10)13-11;1-2-10-5-6-12-8-7-11-4-3-9-1/h1-8,13H;1-8H2. The Morgan fingerprint density at radius 1 is 0.480 bits per heavy atom. The normalized spacial score (nSPS) is 17.3. The van der Waals surface area contributed by atoms with Crippen LogP contribution in [0.25, 0.3) is 21.8 Å². The minimum atomic E-state index is 0.642. The summed E-state index contributed by atoms with van der Waals surface area (Å²) in [5.74, 6) is 0. The number of nitrogens with one attached hydrogen (secondary N) is 1. The number of ether oxygens (including phenoxy) is 4. The van der Waals surface area contributed by atoms with E-state index >= 15 is 0 Å². The van der Waals surface area contributed by atoms with Gasteiger partial charge < -0.3 is 23.9 Å². The summed E-state index contributed by atoms with van der Waals surface area (Å²) >= 11 is 0. The Morgan fingerprint density at radius 3 is 1.16 bits per heavy atom. The van der Waals surface area contributed by atoms with Crippen molar-refractivity contribution in [2.45, 2.75) is 0 Å². The molecule has 1 saturated heterocycles. The van der Waals surface area contributed by atoms with Gasteiger partial charge in [0.05, 0.1) is 52.9 Å². The minimum absolute atomic E-state index is 0.642. The third-order valence-corrected chi connectivity index (χ3v) is 3.90. The lowest BCUT2D eigenvalue weighted by Crippen LogP contribution is -2.16. The Hall–Kier alpha value is -1.92. The van der Waals surface area contributed by atoms with Gasteiger partial charge >= 0.3 is 0 Å². The minimum Gasteiger partial charge on any atom is -0.377 e. The third kappa shape index (κ3) is 5.54. The van der Waals surface area contributed by atoms with Crippen LogP contribution in [0.5, 0.6) is 0 Å². The van der Waals surface area contributed by atoms with Gasteiger partial charge in [0.1, 0.15) is 0 Å². The van der Waals surface area contributed by atoms with E-state index in [0.29, 0.717) is 52.9 Å². The Balaban J connectivity index is 0.000000147. The second-order valence-electron chi connectivity index (χ2n) is 5.67. The van der Waals surface area contributed by atoms with Crippen LogP contribution in [0, 0.1) is 0 Å². The fourth-order valence-corrected chi connectivity index (χ4v) is 2.68. The average Bonchev–Trinajstić information content (AvgIpc) is 3.01. The maximum atomic E-state index is 5.22. The van der Waals surface area contributed by atoms with Gasteiger partial charge in [-0.25, -0.2) is 0 Å². The van der Waals surface area contributed by atoms with Crippen molar-refractivity contribution >= 4 is 21.8 Å². The maximum absolute atomic E-state index is 5.22. The summed E-state index contributed by atoms with van der Waals surface area (Å²) in [6.07, 6.45) is 0. The van der Waals surface area contributed by atoms with Crippen molar-refractivity contribution in [3.8, 4) is 0 Å². The molecule has 134 valence electrons. The van der Waals surface area contributed by atoms with Crippen molar-refractivity contribution in [3.05, 3.63) is 48.5 Å². The van der Waals surface area contributed by atoms with E-state index in [1.165, 1.54) is 21.8 Å². The predicted octanol–water partition coefficient (Wildman–Crippen LogP) is 3.39. The number of hydrogen-bond donors (Lipinski definition) is 1. The Bertz CT molecular complexity index is 662. The number of benzene rings is 2. The van der Waals surface area contributed by atoms with E-state index < -0.39 is 0 Å². The molecule has 5 nitrogen and oxygen atoms in total. The molecule has 1 aliphatic heterocycles. The van der Waals surface area contributed by atoms with Crippen LogP contribution in [0.1, 0.15) is 0 Å². The zero-order valence-corrected chi connectivity index (χ0v) is 14.4. The average molecular weight is 343 g/mol. The largest absolute Gasteiger partial charge is 0.377 e. The molecule has 2 heterocycles. The molecule has 1 N–H and O–H groups in total. The maximum Gasteiger partial charge on any atom is 0.0701 e. The van der Waals surface area contributed by atoms with Crippen LogP contribution < -0.4 is 0 Å². The molecule has 0 unspecified atom stereocenters. The molecular formula is C20H25NO4. The quantitative estimate of drug-likeness (QED) is 0.680. The van der Waals surface area contributed by atoms with Gasteiger partial charge in [0, 0.05) is 21.8 Å².